The SMILES string of the molecule is N/C(=N\O)c1ccccc1N1CCOCC1=O. The molecule has 3 N–H and O–H groups in total. The quantitative estimate of drug-likeness (QED) is 0.330. The van der Waals surface area contributed by atoms with Crippen LogP contribution in [-0.2, 0) is 9.53 Å². The zero-order valence-corrected chi connectivity index (χ0v) is 9.17. The molecule has 0 saturated carbocycles. The maximum atomic E-state index is 11.7. The molecule has 1 aliphatic rings. The van der Waals surface area contributed by atoms with Crippen molar-refractivity contribution in [2.24, 2.45) is 10.9 Å². The van der Waals surface area contributed by atoms with Gasteiger partial charge in [-0.05, 0) is 12.1 Å². The molecule has 6 nitrogen and oxygen atoms in total. The van der Waals surface area contributed by atoms with E-state index in [9.17, 15) is 4.79 Å². The summed E-state index contributed by atoms with van der Waals surface area (Å²) < 4.78 is 5.06. The fourth-order valence-electron chi connectivity index (χ4n) is 1.75. The Hall–Kier alpha value is -2.08. The van der Waals surface area contributed by atoms with Gasteiger partial charge in [0.1, 0.15) is 6.61 Å². The number of hydrogen-bond donors (Lipinski definition) is 2. The number of amidine groups is 1. The van der Waals surface area contributed by atoms with Crippen LogP contribution in [0.5, 0.6) is 0 Å². The third-order valence-electron chi connectivity index (χ3n) is 2.56. The van der Waals surface area contributed by atoms with Gasteiger partial charge in [-0.25, -0.2) is 0 Å². The summed E-state index contributed by atoms with van der Waals surface area (Å²) in [5.41, 5.74) is 6.75. The highest BCUT2D eigenvalue weighted by molar-refractivity contribution is 6.06. The third-order valence-corrected chi connectivity index (χ3v) is 2.56. The van der Waals surface area contributed by atoms with Crippen LogP contribution in [-0.4, -0.2) is 36.7 Å². The number of nitrogens with two attached hydrogens (primary N) is 1. The molecule has 0 aliphatic carbocycles. The maximum absolute atomic E-state index is 11.7. The predicted octanol–water partition coefficient (Wildman–Crippen LogP) is 0.144. The molecule has 1 amide bonds. The van der Waals surface area contributed by atoms with Crippen LogP contribution in [0.2, 0.25) is 0 Å². The number of ether oxygens (including phenoxy) is 1. The van der Waals surface area contributed by atoms with Crippen LogP contribution in [0, 0.1) is 0 Å². The summed E-state index contributed by atoms with van der Waals surface area (Å²) >= 11 is 0. The molecule has 90 valence electrons. The first-order valence-corrected chi connectivity index (χ1v) is 5.19. The zero-order chi connectivity index (χ0) is 12.3. The fourth-order valence-corrected chi connectivity index (χ4v) is 1.75. The Bertz CT molecular complexity index is 459. The molecule has 0 atom stereocenters. The van der Waals surface area contributed by atoms with Gasteiger partial charge in [-0.15, -0.1) is 0 Å². The van der Waals surface area contributed by atoms with Gasteiger partial charge in [0.25, 0.3) is 5.91 Å². The molecule has 1 saturated heterocycles. The van der Waals surface area contributed by atoms with Gasteiger partial charge in [-0.1, -0.05) is 17.3 Å². The zero-order valence-electron chi connectivity index (χ0n) is 9.17. The Morgan fingerprint density at radius 1 is 1.47 bits per heavy atom. The molecule has 17 heavy (non-hydrogen) atoms. The monoisotopic (exact) mass is 235 g/mol. The van der Waals surface area contributed by atoms with E-state index in [-0.39, 0.29) is 18.3 Å². The van der Waals surface area contributed by atoms with Gasteiger partial charge in [-0.3, -0.25) is 4.79 Å². The summed E-state index contributed by atoms with van der Waals surface area (Å²) in [7, 11) is 0. The number of oxime groups is 1. The van der Waals surface area contributed by atoms with E-state index in [1.165, 1.54) is 0 Å². The molecule has 2 rings (SSSR count). The van der Waals surface area contributed by atoms with Crippen LogP contribution < -0.4 is 10.6 Å². The molecule has 0 bridgehead atoms. The van der Waals surface area contributed by atoms with E-state index < -0.39 is 0 Å². The number of morpholine rings is 1. The van der Waals surface area contributed by atoms with Crippen molar-refractivity contribution in [3.8, 4) is 0 Å². The van der Waals surface area contributed by atoms with Gasteiger partial charge in [0, 0.05) is 12.1 Å². The lowest BCUT2D eigenvalue weighted by molar-refractivity contribution is -0.125. The summed E-state index contributed by atoms with van der Waals surface area (Å²) in [5.74, 6) is -0.144. The van der Waals surface area contributed by atoms with Crippen LogP contribution in [0.4, 0.5) is 5.69 Å². The second-order valence-corrected chi connectivity index (χ2v) is 3.60. The number of carbonyl (C=O) groups excluding carboxylic acids is 1. The minimum atomic E-state index is -0.130. The molecule has 1 fully saturated rings. The highest BCUT2D eigenvalue weighted by Gasteiger charge is 2.23. The lowest BCUT2D eigenvalue weighted by Gasteiger charge is -2.28. The Kier molecular flexibility index (Phi) is 3.24. The number of carbonyl (C=O) groups is 1. The lowest BCUT2D eigenvalue weighted by atomic mass is 10.1. The van der Waals surface area contributed by atoms with Gasteiger partial charge in [0.2, 0.25) is 0 Å². The van der Waals surface area contributed by atoms with Gasteiger partial charge in [-0.2, -0.15) is 0 Å². The molecule has 0 aromatic heterocycles. The molecule has 1 aromatic rings. The molecule has 0 radical (unpaired) electrons. The number of para-hydroxylation sites is 1. The van der Waals surface area contributed by atoms with Crippen LogP contribution in [0.25, 0.3) is 0 Å². The Morgan fingerprint density at radius 2 is 2.24 bits per heavy atom. The Labute approximate surface area is 98.3 Å². The molecule has 6 heteroatoms. The van der Waals surface area contributed by atoms with E-state index in [2.05, 4.69) is 5.16 Å². The van der Waals surface area contributed by atoms with Crippen LogP contribution in [0.1, 0.15) is 5.56 Å². The van der Waals surface area contributed by atoms with Crippen molar-refractivity contribution in [3.63, 3.8) is 0 Å². The van der Waals surface area contributed by atoms with Crippen LogP contribution >= 0.6 is 0 Å². The van der Waals surface area contributed by atoms with Crippen molar-refractivity contribution in [3.05, 3.63) is 29.8 Å². The number of rotatable bonds is 2. The van der Waals surface area contributed by atoms with Crippen molar-refractivity contribution in [1.82, 2.24) is 0 Å². The Morgan fingerprint density at radius 3 is 2.94 bits per heavy atom. The average molecular weight is 235 g/mol. The summed E-state index contributed by atoms with van der Waals surface area (Å²) in [6.45, 7) is 1.01. The van der Waals surface area contributed by atoms with Crippen molar-refractivity contribution >= 4 is 17.4 Å². The molecule has 1 aromatic carbocycles. The number of nitrogens with zero attached hydrogens (tertiary/aromatic N) is 2. The van der Waals surface area contributed by atoms with Gasteiger partial charge < -0.3 is 20.6 Å². The molecule has 0 unspecified atom stereocenters. The van der Waals surface area contributed by atoms with Crippen LogP contribution in [0.15, 0.2) is 29.4 Å². The maximum Gasteiger partial charge on any atom is 0.253 e. The minimum absolute atomic E-state index is 0.0140. The molecular weight excluding hydrogens is 222 g/mol. The standard InChI is InChI=1S/C11H13N3O3/c12-11(13-16)8-3-1-2-4-9(8)14-5-6-17-7-10(14)15/h1-4,16H,5-7H2,(H2,12,13). The van der Waals surface area contributed by atoms with Crippen molar-refractivity contribution in [1.29, 1.82) is 0 Å². The third kappa shape index (κ3) is 2.21. The molecular formula is C11H13N3O3. The van der Waals surface area contributed by atoms with E-state index in [4.69, 9.17) is 15.7 Å². The van der Waals surface area contributed by atoms with Crippen molar-refractivity contribution in [2.75, 3.05) is 24.7 Å². The number of amides is 1. The second-order valence-electron chi connectivity index (χ2n) is 3.60. The summed E-state index contributed by atoms with van der Waals surface area (Å²) in [5, 5.41) is 11.7. The number of anilines is 1. The van der Waals surface area contributed by atoms with E-state index >= 15 is 0 Å². The highest BCUT2D eigenvalue weighted by atomic mass is 16.5. The predicted molar refractivity (Wildman–Crippen MR) is 62.1 cm³/mol. The highest BCUT2D eigenvalue weighted by Crippen LogP contribution is 2.21. The van der Waals surface area contributed by atoms with E-state index in [1.807, 2.05) is 0 Å². The minimum Gasteiger partial charge on any atom is -0.409 e. The van der Waals surface area contributed by atoms with E-state index in [0.717, 1.165) is 0 Å². The Balaban J connectivity index is 2.40. The molecule has 1 heterocycles. The second kappa shape index (κ2) is 4.84. The van der Waals surface area contributed by atoms with Crippen LogP contribution in [0.3, 0.4) is 0 Å². The van der Waals surface area contributed by atoms with Gasteiger partial charge >= 0.3 is 0 Å². The number of hydrogen-bond acceptors (Lipinski definition) is 4. The fraction of sp³-hybridized carbons (Fsp3) is 0.273. The first-order chi connectivity index (χ1) is 8.24. The van der Waals surface area contributed by atoms with Crippen molar-refractivity contribution in [2.45, 2.75) is 0 Å². The van der Waals surface area contributed by atoms with E-state index in [0.29, 0.717) is 24.4 Å². The van der Waals surface area contributed by atoms with Gasteiger partial charge in [0.05, 0.1) is 12.3 Å². The largest absolute Gasteiger partial charge is 0.409 e. The lowest BCUT2D eigenvalue weighted by Crippen LogP contribution is -2.42. The van der Waals surface area contributed by atoms with E-state index in [1.54, 1.807) is 29.2 Å². The molecule has 0 spiro atoms. The summed E-state index contributed by atoms with van der Waals surface area (Å²) in [6.07, 6.45) is 0. The van der Waals surface area contributed by atoms with Gasteiger partial charge in [0.15, 0.2) is 5.84 Å². The smallest absolute Gasteiger partial charge is 0.253 e. The first-order valence-electron chi connectivity index (χ1n) is 5.19. The normalized spacial score (nSPS) is 17.3. The molecule has 1 aliphatic heterocycles. The summed E-state index contributed by atoms with van der Waals surface area (Å²) in [6, 6.07) is 7.03. The number of benzene rings is 1. The van der Waals surface area contributed by atoms with Crippen molar-refractivity contribution < 1.29 is 14.7 Å². The summed E-state index contributed by atoms with van der Waals surface area (Å²) in [4.78, 5) is 13.3. The average Bonchev–Trinajstić information content (AvgIpc) is 2.38. The topological polar surface area (TPSA) is 88.2 Å². The first kappa shape index (κ1) is 11.4.